The first-order valence-corrected chi connectivity index (χ1v) is 11.7. The number of rotatable bonds is 8. The fourth-order valence-electron chi connectivity index (χ4n) is 2.55. The summed E-state index contributed by atoms with van der Waals surface area (Å²) in [5.41, 5.74) is 3.20. The van der Waals surface area contributed by atoms with E-state index in [4.69, 9.17) is 4.98 Å². The topological polar surface area (TPSA) is 67.4 Å². The van der Waals surface area contributed by atoms with Crippen molar-refractivity contribution in [3.05, 3.63) is 35.2 Å². The number of nitrogens with zero attached hydrogens (tertiary/aromatic N) is 5. The number of hydrogen-bond donors (Lipinski definition) is 0. The third-order valence-electron chi connectivity index (χ3n) is 4.17. The number of unbranched alkanes of at least 4 members (excludes halogenated alkanes) is 1. The molecule has 0 N–H and O–H groups in total. The number of hydrogen-bond acceptors (Lipinski definition) is 7. The van der Waals surface area contributed by atoms with Crippen LogP contribution in [0.4, 0.5) is 0 Å². The molecule has 0 aliphatic rings. The van der Waals surface area contributed by atoms with Crippen LogP contribution in [0.2, 0.25) is 0 Å². The average Bonchev–Trinajstić information content (AvgIpc) is 3.32. The monoisotopic (exact) mass is 415 g/mol. The minimum Gasteiger partial charge on any atom is -0.331 e. The molecule has 5 nitrogen and oxygen atoms in total. The van der Waals surface area contributed by atoms with Crippen molar-refractivity contribution in [3.8, 4) is 28.0 Å². The second kappa shape index (κ2) is 9.40. The van der Waals surface area contributed by atoms with E-state index < -0.39 is 0 Å². The summed E-state index contributed by atoms with van der Waals surface area (Å²) in [6.07, 6.45) is 6.01. The number of nitriles is 1. The maximum absolute atomic E-state index is 9.87. The third kappa shape index (κ3) is 4.54. The highest BCUT2D eigenvalue weighted by Crippen LogP contribution is 2.35. The molecule has 8 heteroatoms. The van der Waals surface area contributed by atoms with E-state index >= 15 is 0 Å². The Hall–Kier alpha value is -1.82. The summed E-state index contributed by atoms with van der Waals surface area (Å²) in [5.74, 6) is 2.04. The minimum absolute atomic E-state index is 0.611. The van der Waals surface area contributed by atoms with Crippen molar-refractivity contribution in [3.63, 3.8) is 0 Å². The first-order chi connectivity index (χ1) is 13.2. The summed E-state index contributed by atoms with van der Waals surface area (Å²) in [5, 5.41) is 14.3. The maximum Gasteiger partial charge on any atom is 0.141 e. The number of thiazole rings is 1. The molecular formula is C19H21N5S3. The number of imidazole rings is 1. The Kier molecular flexibility index (Phi) is 6.94. The Morgan fingerprint density at radius 1 is 1.33 bits per heavy atom. The van der Waals surface area contributed by atoms with Gasteiger partial charge in [0.2, 0.25) is 0 Å². The third-order valence-corrected chi connectivity index (χ3v) is 7.25. The van der Waals surface area contributed by atoms with Crippen molar-refractivity contribution in [1.82, 2.24) is 19.5 Å². The standard InChI is InChI=1S/C19H21N5S3/c1-4-5-7-25-12-27-18-15(10-20)14(17-11-22-13(2)24(17)3)9-16(23-18)19-21-6-8-26-19/h6,8-9,11H,4-5,7,12H2,1-3H3. The van der Waals surface area contributed by atoms with E-state index in [1.54, 1.807) is 29.3 Å². The first-order valence-electron chi connectivity index (χ1n) is 8.70. The zero-order valence-corrected chi connectivity index (χ0v) is 18.0. The molecule has 3 aromatic rings. The minimum atomic E-state index is 0.611. The van der Waals surface area contributed by atoms with Crippen LogP contribution in [-0.4, -0.2) is 30.4 Å². The van der Waals surface area contributed by atoms with E-state index in [1.165, 1.54) is 12.8 Å². The van der Waals surface area contributed by atoms with Crippen LogP contribution in [-0.2, 0) is 7.05 Å². The maximum atomic E-state index is 9.87. The van der Waals surface area contributed by atoms with Gasteiger partial charge in [-0.1, -0.05) is 25.1 Å². The Morgan fingerprint density at radius 3 is 2.81 bits per heavy atom. The van der Waals surface area contributed by atoms with Gasteiger partial charge in [0.25, 0.3) is 0 Å². The van der Waals surface area contributed by atoms with Gasteiger partial charge in [-0.05, 0) is 25.2 Å². The predicted octanol–water partition coefficient (Wildman–Crippen LogP) is 5.37. The van der Waals surface area contributed by atoms with Crippen molar-refractivity contribution in [2.24, 2.45) is 7.05 Å². The van der Waals surface area contributed by atoms with E-state index in [2.05, 4.69) is 23.0 Å². The number of aromatic nitrogens is 4. The number of thioether (sulfide) groups is 2. The van der Waals surface area contributed by atoms with Crippen LogP contribution in [0.1, 0.15) is 31.2 Å². The van der Waals surface area contributed by atoms with E-state index in [0.29, 0.717) is 5.56 Å². The Balaban J connectivity index is 2.03. The molecule has 0 saturated carbocycles. The molecule has 3 heterocycles. The van der Waals surface area contributed by atoms with Gasteiger partial charge in [-0.25, -0.2) is 15.0 Å². The summed E-state index contributed by atoms with van der Waals surface area (Å²) in [4.78, 5) is 13.6. The highest BCUT2D eigenvalue weighted by Gasteiger charge is 2.19. The Labute approximate surface area is 172 Å². The molecule has 3 rings (SSSR count). The van der Waals surface area contributed by atoms with E-state index in [9.17, 15) is 5.26 Å². The van der Waals surface area contributed by atoms with Gasteiger partial charge in [0, 0.05) is 29.3 Å². The summed E-state index contributed by atoms with van der Waals surface area (Å²) in [7, 11) is 1.97. The first kappa shape index (κ1) is 19.9. The molecule has 0 saturated heterocycles. The van der Waals surface area contributed by atoms with E-state index in [-0.39, 0.29) is 0 Å². The molecule has 0 unspecified atom stereocenters. The van der Waals surface area contributed by atoms with E-state index in [0.717, 1.165) is 43.6 Å². The second-order valence-electron chi connectivity index (χ2n) is 5.96. The molecule has 0 fully saturated rings. The van der Waals surface area contributed by atoms with E-state index in [1.807, 2.05) is 47.9 Å². The van der Waals surface area contributed by atoms with Crippen LogP contribution in [0.3, 0.4) is 0 Å². The molecule has 140 valence electrons. The normalized spacial score (nSPS) is 10.9. The van der Waals surface area contributed by atoms with Gasteiger partial charge < -0.3 is 4.57 Å². The van der Waals surface area contributed by atoms with Gasteiger partial charge in [0.05, 0.1) is 17.5 Å². The highest BCUT2D eigenvalue weighted by molar-refractivity contribution is 8.15. The van der Waals surface area contributed by atoms with Crippen LogP contribution >= 0.6 is 34.9 Å². The van der Waals surface area contributed by atoms with Crippen LogP contribution in [0.15, 0.2) is 28.9 Å². The molecule has 0 radical (unpaired) electrons. The molecule has 0 aromatic carbocycles. The molecule has 0 spiro atoms. The van der Waals surface area contributed by atoms with Crippen LogP contribution in [0.5, 0.6) is 0 Å². The summed E-state index contributed by atoms with van der Waals surface area (Å²) >= 11 is 5.07. The number of aryl methyl sites for hydroxylation is 1. The lowest BCUT2D eigenvalue weighted by Gasteiger charge is -2.12. The van der Waals surface area contributed by atoms with Gasteiger partial charge in [0.1, 0.15) is 27.6 Å². The summed E-state index contributed by atoms with van der Waals surface area (Å²) in [6.45, 7) is 4.15. The fourth-order valence-corrected chi connectivity index (χ4v) is 5.36. The summed E-state index contributed by atoms with van der Waals surface area (Å²) in [6, 6.07) is 4.33. The van der Waals surface area contributed by atoms with Gasteiger partial charge >= 0.3 is 0 Å². The molecule has 0 aliphatic carbocycles. The Bertz CT molecular complexity index is 941. The lowest BCUT2D eigenvalue weighted by Crippen LogP contribution is -2.00. The molecular weight excluding hydrogens is 394 g/mol. The molecule has 27 heavy (non-hydrogen) atoms. The average molecular weight is 416 g/mol. The molecule has 0 bridgehead atoms. The summed E-state index contributed by atoms with van der Waals surface area (Å²) < 4.78 is 2.01. The Morgan fingerprint density at radius 2 is 2.19 bits per heavy atom. The van der Waals surface area contributed by atoms with Crippen molar-refractivity contribution < 1.29 is 0 Å². The van der Waals surface area contributed by atoms with Crippen molar-refractivity contribution in [2.45, 2.75) is 31.7 Å². The van der Waals surface area contributed by atoms with Gasteiger partial charge in [-0.15, -0.1) is 11.3 Å². The molecule has 0 atom stereocenters. The van der Waals surface area contributed by atoms with Crippen molar-refractivity contribution >= 4 is 34.9 Å². The largest absolute Gasteiger partial charge is 0.331 e. The number of pyridine rings is 1. The quantitative estimate of drug-likeness (QED) is 0.280. The molecule has 0 amide bonds. The zero-order chi connectivity index (χ0) is 19.2. The van der Waals surface area contributed by atoms with Crippen LogP contribution < -0.4 is 0 Å². The van der Waals surface area contributed by atoms with Crippen molar-refractivity contribution in [1.29, 1.82) is 5.26 Å². The van der Waals surface area contributed by atoms with Crippen LogP contribution in [0.25, 0.3) is 22.0 Å². The van der Waals surface area contributed by atoms with Crippen molar-refractivity contribution in [2.75, 3.05) is 10.8 Å². The fraction of sp³-hybridized carbons (Fsp3) is 0.368. The SMILES string of the molecule is CCCCSCSc1nc(-c2nccs2)cc(-c2cnc(C)n2C)c1C#N. The second-order valence-corrected chi connectivity index (χ2v) is 9.29. The lowest BCUT2D eigenvalue weighted by atomic mass is 10.1. The predicted molar refractivity (Wildman–Crippen MR) is 115 cm³/mol. The molecule has 0 aliphatic heterocycles. The van der Waals surface area contributed by atoms with Gasteiger partial charge in [0.15, 0.2) is 0 Å². The zero-order valence-electron chi connectivity index (χ0n) is 15.6. The smallest absolute Gasteiger partial charge is 0.141 e. The van der Waals surface area contributed by atoms with Gasteiger partial charge in [-0.2, -0.15) is 17.0 Å². The molecule has 3 aromatic heterocycles. The van der Waals surface area contributed by atoms with Gasteiger partial charge in [-0.3, -0.25) is 0 Å². The lowest BCUT2D eigenvalue weighted by molar-refractivity contribution is 0.863. The van der Waals surface area contributed by atoms with Crippen LogP contribution in [0, 0.1) is 18.3 Å². The highest BCUT2D eigenvalue weighted by atomic mass is 32.2.